The molecule has 0 aromatic carbocycles. The first kappa shape index (κ1) is 13.1. The van der Waals surface area contributed by atoms with Gasteiger partial charge in [0.15, 0.2) is 0 Å². The van der Waals surface area contributed by atoms with E-state index in [1.807, 2.05) is 6.07 Å². The van der Waals surface area contributed by atoms with E-state index in [4.69, 9.17) is 14.2 Å². The third-order valence-corrected chi connectivity index (χ3v) is 5.44. The molecule has 6 heteroatoms. The first-order valence-corrected chi connectivity index (χ1v) is 8.35. The van der Waals surface area contributed by atoms with Crippen molar-refractivity contribution in [3.63, 3.8) is 0 Å². The summed E-state index contributed by atoms with van der Waals surface area (Å²) < 4.78 is 17.3. The fraction of sp³-hybridized carbons (Fsp3) is 0.750. The Labute approximate surface area is 129 Å². The van der Waals surface area contributed by atoms with Gasteiger partial charge in [-0.05, 0) is 24.7 Å². The van der Waals surface area contributed by atoms with E-state index in [1.165, 1.54) is 6.42 Å². The summed E-state index contributed by atoms with van der Waals surface area (Å²) in [4.78, 5) is 8.57. The monoisotopic (exact) mass is 303 g/mol. The van der Waals surface area contributed by atoms with Crippen LogP contribution in [0.25, 0.3) is 0 Å². The highest BCUT2D eigenvalue weighted by atomic mass is 16.5. The lowest BCUT2D eigenvalue weighted by molar-refractivity contribution is 0.0237. The summed E-state index contributed by atoms with van der Waals surface area (Å²) in [5, 5.41) is 3.53. The predicted molar refractivity (Wildman–Crippen MR) is 78.8 cm³/mol. The Morgan fingerprint density at radius 3 is 2.86 bits per heavy atom. The number of ether oxygens (including phenoxy) is 3. The molecule has 22 heavy (non-hydrogen) atoms. The van der Waals surface area contributed by atoms with Crippen LogP contribution in [-0.4, -0.2) is 47.5 Å². The Morgan fingerprint density at radius 1 is 1.14 bits per heavy atom. The van der Waals surface area contributed by atoms with Crippen molar-refractivity contribution in [1.29, 1.82) is 0 Å². The number of fused-ring (bicyclic) bond motifs is 5. The molecule has 0 radical (unpaired) electrons. The van der Waals surface area contributed by atoms with Gasteiger partial charge in [-0.2, -0.15) is 0 Å². The van der Waals surface area contributed by atoms with Crippen LogP contribution in [-0.2, 0) is 9.47 Å². The van der Waals surface area contributed by atoms with Crippen molar-refractivity contribution in [1.82, 2.24) is 9.97 Å². The van der Waals surface area contributed by atoms with Crippen molar-refractivity contribution in [2.24, 2.45) is 11.8 Å². The molecule has 6 nitrogen and oxygen atoms in total. The van der Waals surface area contributed by atoms with E-state index in [1.54, 1.807) is 6.33 Å². The summed E-state index contributed by atoms with van der Waals surface area (Å²) in [5.74, 6) is 3.13. The van der Waals surface area contributed by atoms with Crippen molar-refractivity contribution in [3.8, 4) is 5.88 Å². The van der Waals surface area contributed by atoms with Crippen LogP contribution in [0, 0.1) is 11.8 Å². The molecule has 5 rings (SSSR count). The lowest BCUT2D eigenvalue weighted by atomic mass is 9.95. The summed E-state index contributed by atoms with van der Waals surface area (Å²) in [7, 11) is 0. The fourth-order valence-electron chi connectivity index (χ4n) is 4.23. The van der Waals surface area contributed by atoms with Gasteiger partial charge in [-0.3, -0.25) is 0 Å². The maximum atomic E-state index is 6.02. The van der Waals surface area contributed by atoms with Gasteiger partial charge in [0.25, 0.3) is 0 Å². The zero-order chi connectivity index (χ0) is 14.5. The number of nitrogens with zero attached hydrogens (tertiary/aromatic N) is 2. The third-order valence-electron chi connectivity index (χ3n) is 5.44. The second-order valence-electron chi connectivity index (χ2n) is 6.86. The smallest absolute Gasteiger partial charge is 0.218 e. The lowest BCUT2D eigenvalue weighted by Crippen LogP contribution is -2.32. The van der Waals surface area contributed by atoms with Crippen LogP contribution in [0.15, 0.2) is 12.4 Å². The average molecular weight is 303 g/mol. The summed E-state index contributed by atoms with van der Waals surface area (Å²) in [6.45, 7) is 1.54. The minimum absolute atomic E-state index is 0.203. The fourth-order valence-corrected chi connectivity index (χ4v) is 4.23. The number of rotatable bonds is 4. The molecule has 4 fully saturated rings. The largest absolute Gasteiger partial charge is 0.474 e. The quantitative estimate of drug-likeness (QED) is 0.912. The van der Waals surface area contributed by atoms with Crippen molar-refractivity contribution in [3.05, 3.63) is 12.4 Å². The molecule has 1 saturated carbocycles. The van der Waals surface area contributed by atoms with Gasteiger partial charge in [0, 0.05) is 18.9 Å². The molecule has 5 atom stereocenters. The zero-order valence-corrected chi connectivity index (χ0v) is 12.5. The van der Waals surface area contributed by atoms with Crippen LogP contribution in [0.3, 0.4) is 0 Å². The zero-order valence-electron chi connectivity index (χ0n) is 12.5. The number of aromatic nitrogens is 2. The summed E-state index contributed by atoms with van der Waals surface area (Å²) in [6, 6.07) is 2.30. The van der Waals surface area contributed by atoms with Crippen molar-refractivity contribution in [2.75, 3.05) is 18.5 Å². The topological polar surface area (TPSA) is 65.5 Å². The molecular weight excluding hydrogens is 282 g/mol. The van der Waals surface area contributed by atoms with Gasteiger partial charge in [0.05, 0.1) is 31.5 Å². The highest BCUT2D eigenvalue weighted by molar-refractivity contribution is 5.40. The molecule has 0 unspecified atom stereocenters. The second-order valence-corrected chi connectivity index (χ2v) is 6.86. The van der Waals surface area contributed by atoms with Crippen molar-refractivity contribution >= 4 is 5.82 Å². The average Bonchev–Trinajstić information content (AvgIpc) is 3.16. The minimum atomic E-state index is 0.203. The Kier molecular flexibility index (Phi) is 3.01. The van der Waals surface area contributed by atoms with Crippen LogP contribution in [0.2, 0.25) is 0 Å². The molecule has 2 bridgehead atoms. The van der Waals surface area contributed by atoms with E-state index in [0.717, 1.165) is 50.1 Å². The van der Waals surface area contributed by atoms with E-state index in [-0.39, 0.29) is 6.10 Å². The first-order chi connectivity index (χ1) is 10.9. The minimum Gasteiger partial charge on any atom is -0.474 e. The maximum Gasteiger partial charge on any atom is 0.218 e. The third kappa shape index (κ3) is 2.25. The van der Waals surface area contributed by atoms with Gasteiger partial charge < -0.3 is 19.5 Å². The molecular formula is C16H21N3O3. The van der Waals surface area contributed by atoms with Gasteiger partial charge >= 0.3 is 0 Å². The van der Waals surface area contributed by atoms with Crippen LogP contribution in [0.4, 0.5) is 5.82 Å². The van der Waals surface area contributed by atoms with Crippen LogP contribution < -0.4 is 10.1 Å². The van der Waals surface area contributed by atoms with E-state index < -0.39 is 0 Å². The van der Waals surface area contributed by atoms with Crippen LogP contribution in [0.1, 0.15) is 25.7 Å². The molecule has 3 saturated heterocycles. The lowest BCUT2D eigenvalue weighted by Gasteiger charge is -2.23. The van der Waals surface area contributed by atoms with Gasteiger partial charge in [0.2, 0.25) is 5.88 Å². The second kappa shape index (κ2) is 5.06. The Balaban J connectivity index is 1.24. The van der Waals surface area contributed by atoms with Crippen molar-refractivity contribution < 1.29 is 14.2 Å². The van der Waals surface area contributed by atoms with Gasteiger partial charge in [-0.1, -0.05) is 0 Å². The molecule has 3 aliphatic heterocycles. The Morgan fingerprint density at radius 2 is 2.05 bits per heavy atom. The van der Waals surface area contributed by atoms with Crippen LogP contribution >= 0.6 is 0 Å². The molecule has 0 amide bonds. The normalized spacial score (nSPS) is 39.5. The summed E-state index contributed by atoms with van der Waals surface area (Å²) in [5.41, 5.74) is 0. The number of hydrogen-bond donors (Lipinski definition) is 1. The summed E-state index contributed by atoms with van der Waals surface area (Å²) >= 11 is 0. The van der Waals surface area contributed by atoms with E-state index >= 15 is 0 Å². The number of hydrogen-bond acceptors (Lipinski definition) is 6. The van der Waals surface area contributed by atoms with E-state index in [2.05, 4.69) is 15.3 Å². The summed E-state index contributed by atoms with van der Waals surface area (Å²) in [6.07, 6.45) is 6.95. The first-order valence-electron chi connectivity index (χ1n) is 8.35. The van der Waals surface area contributed by atoms with E-state index in [9.17, 15) is 0 Å². The highest BCUT2D eigenvalue weighted by Crippen LogP contribution is 2.59. The van der Waals surface area contributed by atoms with E-state index in [0.29, 0.717) is 24.1 Å². The van der Waals surface area contributed by atoms with Crippen LogP contribution in [0.5, 0.6) is 5.88 Å². The molecule has 0 spiro atoms. The van der Waals surface area contributed by atoms with Gasteiger partial charge in [-0.15, -0.1) is 0 Å². The number of anilines is 1. The molecule has 1 aromatic rings. The predicted octanol–water partition coefficient (Wildman–Crippen LogP) is 1.62. The highest BCUT2D eigenvalue weighted by Gasteiger charge is 2.62. The SMILES string of the molecule is c1nc(N[C@@H]2C[C@@H]3O[C@H]2[C@H]2C[C@H]23)cc(OC2CCOCC2)n1. The molecule has 1 aliphatic carbocycles. The molecule has 118 valence electrons. The number of nitrogens with one attached hydrogen (secondary N) is 1. The Hall–Kier alpha value is -1.40. The Bertz CT molecular complexity index is 563. The molecule has 4 heterocycles. The van der Waals surface area contributed by atoms with Gasteiger partial charge in [0.1, 0.15) is 18.2 Å². The van der Waals surface area contributed by atoms with Crippen molar-refractivity contribution in [2.45, 2.75) is 50.0 Å². The molecule has 1 N–H and O–H groups in total. The maximum absolute atomic E-state index is 6.02. The molecule has 1 aromatic heterocycles. The van der Waals surface area contributed by atoms with Gasteiger partial charge in [-0.25, -0.2) is 9.97 Å². The standard InChI is InChI=1S/C16H21N3O3/c1-3-20-4-2-9(1)21-15-7-14(17-8-18-15)19-12-6-13-10-5-11(10)16(12)22-13/h7-13,16H,1-6H2,(H,17,18,19)/t10-,11+,12-,13+,16+/m1/s1. The molecule has 4 aliphatic rings.